The summed E-state index contributed by atoms with van der Waals surface area (Å²) in [5, 5.41) is 6.05. The number of anilines is 1. The van der Waals surface area contributed by atoms with Gasteiger partial charge >= 0.3 is 11.8 Å². The molecule has 0 aliphatic rings. The van der Waals surface area contributed by atoms with Crippen molar-refractivity contribution in [3.05, 3.63) is 63.9 Å². The van der Waals surface area contributed by atoms with E-state index < -0.39 is 17.6 Å². The minimum atomic E-state index is -0.945. The molecule has 0 fully saturated rings. The molecule has 0 heterocycles. The molecule has 0 saturated heterocycles. The summed E-state index contributed by atoms with van der Waals surface area (Å²) in [4.78, 5) is 23.4. The standard InChI is InChI=1S/C16H13BrFN3O2/c1-10-8-12(17)6-7-14(10)20-15(22)16(23)21-19-9-11-4-2-3-5-13(11)18/h2-9H,1H3,(H,20,22)(H,21,23)/b19-9+. The molecule has 0 aliphatic heterocycles. The highest BCUT2D eigenvalue weighted by atomic mass is 79.9. The molecule has 2 N–H and O–H groups in total. The fraction of sp³-hybridized carbons (Fsp3) is 0.0625. The van der Waals surface area contributed by atoms with Crippen molar-refractivity contribution < 1.29 is 14.0 Å². The molecular weight excluding hydrogens is 365 g/mol. The lowest BCUT2D eigenvalue weighted by molar-refractivity contribution is -0.136. The van der Waals surface area contributed by atoms with Crippen molar-refractivity contribution in [1.82, 2.24) is 5.43 Å². The maximum atomic E-state index is 13.4. The molecule has 0 radical (unpaired) electrons. The molecule has 23 heavy (non-hydrogen) atoms. The van der Waals surface area contributed by atoms with Gasteiger partial charge in [0.1, 0.15) is 5.82 Å². The van der Waals surface area contributed by atoms with Gasteiger partial charge in [-0.25, -0.2) is 9.82 Å². The molecule has 2 aromatic carbocycles. The lowest BCUT2D eigenvalue weighted by Gasteiger charge is -2.07. The van der Waals surface area contributed by atoms with E-state index in [1.54, 1.807) is 31.2 Å². The van der Waals surface area contributed by atoms with E-state index >= 15 is 0 Å². The first-order valence-electron chi connectivity index (χ1n) is 6.62. The van der Waals surface area contributed by atoms with E-state index in [1.165, 1.54) is 12.1 Å². The Morgan fingerprint density at radius 1 is 1.17 bits per heavy atom. The molecule has 0 aromatic heterocycles. The number of hydrogen-bond acceptors (Lipinski definition) is 3. The highest BCUT2D eigenvalue weighted by Gasteiger charge is 2.14. The fourth-order valence-electron chi connectivity index (χ4n) is 1.74. The van der Waals surface area contributed by atoms with E-state index in [9.17, 15) is 14.0 Å². The smallest absolute Gasteiger partial charge is 0.317 e. The van der Waals surface area contributed by atoms with Crippen LogP contribution in [0.25, 0.3) is 0 Å². The van der Waals surface area contributed by atoms with Crippen molar-refractivity contribution in [2.75, 3.05) is 5.32 Å². The summed E-state index contributed by atoms with van der Waals surface area (Å²) in [5.41, 5.74) is 3.58. The average molecular weight is 378 g/mol. The number of carbonyl (C=O) groups excluding carboxylic acids is 2. The van der Waals surface area contributed by atoms with Gasteiger partial charge in [-0.15, -0.1) is 0 Å². The molecule has 0 unspecified atom stereocenters. The molecule has 5 nitrogen and oxygen atoms in total. The van der Waals surface area contributed by atoms with Gasteiger partial charge in [0.05, 0.1) is 6.21 Å². The Morgan fingerprint density at radius 3 is 2.61 bits per heavy atom. The monoisotopic (exact) mass is 377 g/mol. The molecule has 0 spiro atoms. The maximum Gasteiger partial charge on any atom is 0.329 e. The van der Waals surface area contributed by atoms with Crippen LogP contribution in [0.1, 0.15) is 11.1 Å². The molecule has 0 aliphatic carbocycles. The van der Waals surface area contributed by atoms with Crippen LogP contribution in [0.2, 0.25) is 0 Å². The number of aryl methyl sites for hydroxylation is 1. The molecule has 0 bridgehead atoms. The Hall–Kier alpha value is -2.54. The zero-order valence-electron chi connectivity index (χ0n) is 12.1. The van der Waals surface area contributed by atoms with Crippen molar-refractivity contribution in [1.29, 1.82) is 0 Å². The Balaban J connectivity index is 1.95. The largest absolute Gasteiger partial charge is 0.329 e. The first-order valence-corrected chi connectivity index (χ1v) is 7.42. The molecule has 0 atom stereocenters. The van der Waals surface area contributed by atoms with Gasteiger partial charge in [0.15, 0.2) is 0 Å². The number of carbonyl (C=O) groups is 2. The van der Waals surface area contributed by atoms with Gasteiger partial charge in [-0.3, -0.25) is 9.59 Å². The van der Waals surface area contributed by atoms with E-state index in [4.69, 9.17) is 0 Å². The number of halogens is 2. The Kier molecular flexibility index (Phi) is 5.59. The SMILES string of the molecule is Cc1cc(Br)ccc1NC(=O)C(=O)N/N=C/c1ccccc1F. The zero-order valence-corrected chi connectivity index (χ0v) is 13.7. The van der Waals surface area contributed by atoms with E-state index in [2.05, 4.69) is 31.8 Å². The van der Waals surface area contributed by atoms with Crippen LogP contribution >= 0.6 is 15.9 Å². The molecular formula is C16H13BrFN3O2. The second-order valence-corrected chi connectivity index (χ2v) is 5.55. The van der Waals surface area contributed by atoms with Gasteiger partial charge in [-0.2, -0.15) is 5.10 Å². The van der Waals surface area contributed by atoms with Crippen molar-refractivity contribution in [3.8, 4) is 0 Å². The normalized spacial score (nSPS) is 10.6. The third kappa shape index (κ3) is 4.72. The minimum Gasteiger partial charge on any atom is -0.317 e. The predicted molar refractivity (Wildman–Crippen MR) is 89.6 cm³/mol. The van der Waals surface area contributed by atoms with Crippen LogP contribution in [0.5, 0.6) is 0 Å². The number of hydrazone groups is 1. The third-order valence-electron chi connectivity index (χ3n) is 2.92. The highest BCUT2D eigenvalue weighted by molar-refractivity contribution is 9.10. The summed E-state index contributed by atoms with van der Waals surface area (Å²) in [5.74, 6) is -2.28. The number of amides is 2. The Bertz CT molecular complexity index is 778. The lowest BCUT2D eigenvalue weighted by Crippen LogP contribution is -2.32. The topological polar surface area (TPSA) is 70.6 Å². The Morgan fingerprint density at radius 2 is 1.91 bits per heavy atom. The van der Waals surface area contributed by atoms with Crippen molar-refractivity contribution >= 4 is 39.6 Å². The van der Waals surface area contributed by atoms with Crippen molar-refractivity contribution in [3.63, 3.8) is 0 Å². The summed E-state index contributed by atoms with van der Waals surface area (Å²) in [6, 6.07) is 11.2. The van der Waals surface area contributed by atoms with Gasteiger partial charge in [0, 0.05) is 15.7 Å². The maximum absolute atomic E-state index is 13.4. The van der Waals surface area contributed by atoms with Crippen LogP contribution in [-0.2, 0) is 9.59 Å². The van der Waals surface area contributed by atoms with Gasteiger partial charge in [-0.1, -0.05) is 34.1 Å². The summed E-state index contributed by atoms with van der Waals surface area (Å²) in [7, 11) is 0. The molecule has 2 rings (SSSR count). The van der Waals surface area contributed by atoms with Crippen LogP contribution in [0.15, 0.2) is 52.0 Å². The van der Waals surface area contributed by atoms with Crippen LogP contribution in [0, 0.1) is 12.7 Å². The summed E-state index contributed by atoms with van der Waals surface area (Å²) >= 11 is 3.31. The van der Waals surface area contributed by atoms with Crippen molar-refractivity contribution in [2.45, 2.75) is 6.92 Å². The zero-order chi connectivity index (χ0) is 16.8. The second kappa shape index (κ2) is 7.64. The molecule has 0 saturated carbocycles. The van der Waals surface area contributed by atoms with Crippen LogP contribution < -0.4 is 10.7 Å². The number of benzene rings is 2. The minimum absolute atomic E-state index is 0.206. The molecule has 2 aromatic rings. The number of rotatable bonds is 3. The number of nitrogens with one attached hydrogen (secondary N) is 2. The quantitative estimate of drug-likeness (QED) is 0.490. The lowest BCUT2D eigenvalue weighted by atomic mass is 10.2. The number of hydrogen-bond donors (Lipinski definition) is 2. The van der Waals surface area contributed by atoms with Crippen molar-refractivity contribution in [2.24, 2.45) is 5.10 Å². The first kappa shape index (κ1) is 16.8. The highest BCUT2D eigenvalue weighted by Crippen LogP contribution is 2.19. The summed E-state index contributed by atoms with van der Waals surface area (Å²) in [6.45, 7) is 1.80. The van der Waals surface area contributed by atoms with E-state index in [0.717, 1.165) is 16.3 Å². The molecule has 118 valence electrons. The summed E-state index contributed by atoms with van der Waals surface area (Å²) in [6.07, 6.45) is 1.13. The van der Waals surface area contributed by atoms with Gasteiger partial charge in [0.2, 0.25) is 0 Å². The Labute approximate surface area is 140 Å². The average Bonchev–Trinajstić information content (AvgIpc) is 2.51. The van der Waals surface area contributed by atoms with E-state index in [0.29, 0.717) is 5.69 Å². The van der Waals surface area contributed by atoms with Crippen LogP contribution in [0.3, 0.4) is 0 Å². The number of nitrogens with zero attached hydrogens (tertiary/aromatic N) is 1. The molecule has 2 amide bonds. The molecule has 7 heteroatoms. The van der Waals surface area contributed by atoms with Gasteiger partial charge < -0.3 is 5.32 Å². The van der Waals surface area contributed by atoms with Gasteiger partial charge in [-0.05, 0) is 36.8 Å². The first-order chi connectivity index (χ1) is 11.0. The second-order valence-electron chi connectivity index (χ2n) is 4.63. The fourth-order valence-corrected chi connectivity index (χ4v) is 2.21. The summed E-state index contributed by atoms with van der Waals surface area (Å²) < 4.78 is 14.2. The van der Waals surface area contributed by atoms with Crippen LogP contribution in [0.4, 0.5) is 10.1 Å². The van der Waals surface area contributed by atoms with E-state index in [1.807, 2.05) is 6.07 Å². The van der Waals surface area contributed by atoms with Crippen LogP contribution in [-0.4, -0.2) is 18.0 Å². The predicted octanol–water partition coefficient (Wildman–Crippen LogP) is 2.99. The van der Waals surface area contributed by atoms with Gasteiger partial charge in [0.25, 0.3) is 0 Å². The van der Waals surface area contributed by atoms with E-state index in [-0.39, 0.29) is 5.56 Å². The third-order valence-corrected chi connectivity index (χ3v) is 3.41.